The quantitative estimate of drug-likeness (QED) is 0.864. The lowest BCUT2D eigenvalue weighted by atomic mass is 10.0. The zero-order valence-corrected chi connectivity index (χ0v) is 15.9. The molecule has 0 radical (unpaired) electrons. The van der Waals surface area contributed by atoms with Crippen LogP contribution in [0.2, 0.25) is 0 Å². The minimum absolute atomic E-state index is 0.0623. The fraction of sp³-hybridized carbons (Fsp3) is 0.500. The van der Waals surface area contributed by atoms with Crippen molar-refractivity contribution in [2.24, 2.45) is 5.92 Å². The first-order valence-electron chi connectivity index (χ1n) is 9.27. The number of hydrogen-bond donors (Lipinski definition) is 2. The first kappa shape index (κ1) is 18.6. The molecule has 2 heterocycles. The van der Waals surface area contributed by atoms with E-state index in [1.807, 2.05) is 55.8 Å². The minimum Gasteiger partial charge on any atom is -0.391 e. The summed E-state index contributed by atoms with van der Waals surface area (Å²) in [6.45, 7) is 9.14. The number of aryl methyl sites for hydroxylation is 1. The van der Waals surface area contributed by atoms with Crippen LogP contribution in [-0.4, -0.2) is 50.9 Å². The number of carbonyl (C=O) groups excluding carboxylic acids is 1. The Morgan fingerprint density at radius 1 is 1.31 bits per heavy atom. The molecule has 0 saturated carbocycles. The van der Waals surface area contributed by atoms with E-state index in [-0.39, 0.29) is 24.0 Å². The molecule has 26 heavy (non-hydrogen) atoms. The summed E-state index contributed by atoms with van der Waals surface area (Å²) in [7, 11) is 0. The second-order valence-electron chi connectivity index (χ2n) is 7.15. The molecule has 0 aliphatic carbocycles. The van der Waals surface area contributed by atoms with Crippen LogP contribution in [-0.2, 0) is 4.79 Å². The van der Waals surface area contributed by atoms with E-state index >= 15 is 0 Å². The third-order valence-corrected chi connectivity index (χ3v) is 5.43. The van der Waals surface area contributed by atoms with Crippen LogP contribution in [0.3, 0.4) is 0 Å². The summed E-state index contributed by atoms with van der Waals surface area (Å²) in [5, 5.41) is 17.7. The molecular weight excluding hydrogens is 328 g/mol. The average Bonchev–Trinajstić information content (AvgIpc) is 3.16. The van der Waals surface area contributed by atoms with Gasteiger partial charge in [0.2, 0.25) is 5.91 Å². The van der Waals surface area contributed by atoms with Gasteiger partial charge in [-0.05, 0) is 45.2 Å². The van der Waals surface area contributed by atoms with Crippen molar-refractivity contribution >= 4 is 11.6 Å². The maximum Gasteiger partial charge on any atom is 0.241 e. The van der Waals surface area contributed by atoms with Gasteiger partial charge in [-0.2, -0.15) is 5.10 Å². The Balaban J connectivity index is 1.75. The number of aromatic nitrogens is 2. The van der Waals surface area contributed by atoms with Gasteiger partial charge < -0.3 is 10.4 Å². The molecule has 0 bridgehead atoms. The molecule has 1 aromatic heterocycles. The SMILES string of the molecule is CCC1CN(C(C)C(=O)Nc2c(C)nn(-c3ccccc3)c2C)CC1O. The number of rotatable bonds is 5. The van der Waals surface area contributed by atoms with Crippen LogP contribution in [0.25, 0.3) is 5.69 Å². The van der Waals surface area contributed by atoms with Crippen LogP contribution in [0, 0.1) is 19.8 Å². The highest BCUT2D eigenvalue weighted by Gasteiger charge is 2.35. The molecule has 1 aromatic carbocycles. The number of hydrogen-bond acceptors (Lipinski definition) is 4. The number of β-amino-alcohol motifs (C(OH)–C–C–N with tert-alkyl or cyclic N) is 1. The molecule has 140 valence electrons. The number of nitrogens with one attached hydrogen (secondary N) is 1. The fourth-order valence-electron chi connectivity index (χ4n) is 3.64. The predicted molar refractivity (Wildman–Crippen MR) is 102 cm³/mol. The molecular formula is C20H28N4O2. The molecule has 3 atom stereocenters. The third kappa shape index (κ3) is 3.52. The first-order valence-corrected chi connectivity index (χ1v) is 9.27. The molecule has 1 amide bonds. The molecule has 6 nitrogen and oxygen atoms in total. The molecule has 3 rings (SSSR count). The number of nitrogens with zero attached hydrogens (tertiary/aromatic N) is 3. The predicted octanol–water partition coefficient (Wildman–Crippen LogP) is 2.52. The lowest BCUT2D eigenvalue weighted by molar-refractivity contribution is -0.120. The van der Waals surface area contributed by atoms with Crippen LogP contribution in [0.15, 0.2) is 30.3 Å². The molecule has 2 aromatic rings. The molecule has 3 unspecified atom stereocenters. The number of aliphatic hydroxyl groups is 1. The molecule has 2 N–H and O–H groups in total. The normalized spacial score (nSPS) is 21.7. The lowest BCUT2D eigenvalue weighted by Gasteiger charge is -2.23. The van der Waals surface area contributed by atoms with Gasteiger partial charge in [-0.1, -0.05) is 25.1 Å². The van der Waals surface area contributed by atoms with Gasteiger partial charge in [0, 0.05) is 13.1 Å². The Kier molecular flexibility index (Phi) is 5.44. The van der Waals surface area contributed by atoms with Gasteiger partial charge in [0.05, 0.1) is 34.9 Å². The van der Waals surface area contributed by atoms with Crippen LogP contribution >= 0.6 is 0 Å². The van der Waals surface area contributed by atoms with Crippen molar-refractivity contribution in [3.63, 3.8) is 0 Å². The van der Waals surface area contributed by atoms with E-state index in [0.717, 1.165) is 35.7 Å². The largest absolute Gasteiger partial charge is 0.391 e. The van der Waals surface area contributed by atoms with Gasteiger partial charge in [-0.15, -0.1) is 0 Å². The summed E-state index contributed by atoms with van der Waals surface area (Å²) in [5.74, 6) is 0.183. The van der Waals surface area contributed by atoms with Gasteiger partial charge >= 0.3 is 0 Å². The van der Waals surface area contributed by atoms with E-state index in [1.165, 1.54) is 0 Å². The number of aliphatic hydroxyl groups excluding tert-OH is 1. The monoisotopic (exact) mass is 356 g/mol. The Morgan fingerprint density at radius 3 is 2.62 bits per heavy atom. The molecule has 1 fully saturated rings. The van der Waals surface area contributed by atoms with Crippen molar-refractivity contribution < 1.29 is 9.90 Å². The standard InChI is InChI=1S/C20H28N4O2/c1-5-16-11-23(12-18(16)25)15(4)20(26)21-19-13(2)22-24(14(19)3)17-9-7-6-8-10-17/h6-10,15-16,18,25H,5,11-12H2,1-4H3,(H,21,26). The fourth-order valence-corrected chi connectivity index (χ4v) is 3.64. The van der Waals surface area contributed by atoms with Crippen molar-refractivity contribution in [2.45, 2.75) is 46.3 Å². The minimum atomic E-state index is -0.348. The summed E-state index contributed by atoms with van der Waals surface area (Å²) in [6.07, 6.45) is 0.577. The van der Waals surface area contributed by atoms with Crippen LogP contribution in [0.4, 0.5) is 5.69 Å². The second-order valence-corrected chi connectivity index (χ2v) is 7.15. The Hall–Kier alpha value is -2.18. The Labute approximate surface area is 154 Å². The molecule has 1 aliphatic heterocycles. The third-order valence-electron chi connectivity index (χ3n) is 5.43. The van der Waals surface area contributed by atoms with E-state index in [4.69, 9.17) is 0 Å². The maximum atomic E-state index is 12.8. The molecule has 1 aliphatic rings. The highest BCUT2D eigenvalue weighted by atomic mass is 16.3. The van der Waals surface area contributed by atoms with E-state index in [0.29, 0.717) is 6.54 Å². The number of anilines is 1. The average molecular weight is 356 g/mol. The number of carbonyl (C=O) groups is 1. The van der Waals surface area contributed by atoms with Gasteiger partial charge in [-0.3, -0.25) is 9.69 Å². The van der Waals surface area contributed by atoms with Crippen LogP contribution in [0.1, 0.15) is 31.7 Å². The smallest absolute Gasteiger partial charge is 0.241 e. The van der Waals surface area contributed by atoms with Crippen LogP contribution < -0.4 is 5.32 Å². The number of benzene rings is 1. The highest BCUT2D eigenvalue weighted by molar-refractivity contribution is 5.95. The summed E-state index contributed by atoms with van der Waals surface area (Å²) in [5.41, 5.74) is 3.43. The Bertz CT molecular complexity index is 772. The van der Waals surface area contributed by atoms with Crippen molar-refractivity contribution in [2.75, 3.05) is 18.4 Å². The van der Waals surface area contributed by atoms with Crippen molar-refractivity contribution in [3.05, 3.63) is 41.7 Å². The summed E-state index contributed by atoms with van der Waals surface area (Å²) < 4.78 is 1.85. The van der Waals surface area contributed by atoms with E-state index < -0.39 is 0 Å². The van der Waals surface area contributed by atoms with Gasteiger partial charge in [-0.25, -0.2) is 4.68 Å². The zero-order chi connectivity index (χ0) is 18.8. The van der Waals surface area contributed by atoms with Gasteiger partial charge in [0.15, 0.2) is 0 Å². The zero-order valence-electron chi connectivity index (χ0n) is 15.9. The van der Waals surface area contributed by atoms with E-state index in [1.54, 1.807) is 0 Å². The Morgan fingerprint density at radius 2 is 2.00 bits per heavy atom. The molecule has 6 heteroatoms. The van der Waals surface area contributed by atoms with Gasteiger partial charge in [0.1, 0.15) is 0 Å². The van der Waals surface area contributed by atoms with E-state index in [9.17, 15) is 9.90 Å². The first-order chi connectivity index (χ1) is 12.4. The highest BCUT2D eigenvalue weighted by Crippen LogP contribution is 2.25. The summed E-state index contributed by atoms with van der Waals surface area (Å²) >= 11 is 0. The number of likely N-dealkylation sites (tertiary alicyclic amines) is 1. The maximum absolute atomic E-state index is 12.8. The summed E-state index contributed by atoms with van der Waals surface area (Å²) in [4.78, 5) is 14.8. The lowest BCUT2D eigenvalue weighted by Crippen LogP contribution is -2.41. The van der Waals surface area contributed by atoms with E-state index in [2.05, 4.69) is 22.2 Å². The van der Waals surface area contributed by atoms with Gasteiger partial charge in [0.25, 0.3) is 0 Å². The number of amides is 1. The van der Waals surface area contributed by atoms with Crippen molar-refractivity contribution in [3.8, 4) is 5.69 Å². The van der Waals surface area contributed by atoms with Crippen molar-refractivity contribution in [1.29, 1.82) is 0 Å². The summed E-state index contributed by atoms with van der Waals surface area (Å²) in [6, 6.07) is 9.59. The topological polar surface area (TPSA) is 70.4 Å². The number of para-hydroxylation sites is 1. The van der Waals surface area contributed by atoms with Crippen LogP contribution in [0.5, 0.6) is 0 Å². The molecule has 1 saturated heterocycles. The molecule has 0 spiro atoms. The second kappa shape index (κ2) is 7.60. The van der Waals surface area contributed by atoms with Crippen molar-refractivity contribution in [1.82, 2.24) is 14.7 Å².